The maximum atomic E-state index is 5.72. The van der Waals surface area contributed by atoms with Gasteiger partial charge >= 0.3 is 0 Å². The first-order valence-corrected chi connectivity index (χ1v) is 9.28. The average molecular weight is 334 g/mol. The molecule has 0 radical (unpaired) electrons. The smallest absolute Gasteiger partial charge is 0.231 e. The van der Waals surface area contributed by atoms with Crippen molar-refractivity contribution in [2.24, 2.45) is 0 Å². The Morgan fingerprint density at radius 1 is 1.04 bits per heavy atom. The molecule has 1 aliphatic carbocycles. The Morgan fingerprint density at radius 2 is 1.84 bits per heavy atom. The molecule has 0 saturated heterocycles. The molecule has 3 aliphatic heterocycles. The monoisotopic (exact) mass is 334 g/mol. The summed E-state index contributed by atoms with van der Waals surface area (Å²) in [6, 6.07) is 13.3. The zero-order valence-corrected chi connectivity index (χ0v) is 14.5. The lowest BCUT2D eigenvalue weighted by Crippen LogP contribution is -2.66. The summed E-state index contributed by atoms with van der Waals surface area (Å²) in [4.78, 5) is 2.49. The predicted octanol–water partition coefficient (Wildman–Crippen LogP) is 4.04. The van der Waals surface area contributed by atoms with Crippen LogP contribution in [0.15, 0.2) is 36.4 Å². The molecule has 1 N–H and O–H groups in total. The van der Waals surface area contributed by atoms with Gasteiger partial charge in [0.2, 0.25) is 6.79 Å². The van der Waals surface area contributed by atoms with Gasteiger partial charge in [-0.15, -0.1) is 0 Å². The van der Waals surface area contributed by atoms with Crippen LogP contribution in [0.1, 0.15) is 36.8 Å². The molecule has 0 amide bonds. The summed E-state index contributed by atoms with van der Waals surface area (Å²) in [6.45, 7) is 0.334. The lowest BCUT2D eigenvalue weighted by Gasteiger charge is -2.56. The fraction of sp³-hybridized carbons (Fsp3) is 0.429. The van der Waals surface area contributed by atoms with E-state index in [1.54, 1.807) is 0 Å². The molecule has 0 spiro atoms. The van der Waals surface area contributed by atoms with Crippen molar-refractivity contribution in [2.45, 2.75) is 43.2 Å². The minimum absolute atomic E-state index is 0.0446. The van der Waals surface area contributed by atoms with Crippen molar-refractivity contribution in [3.05, 3.63) is 47.5 Å². The second-order valence-electron chi connectivity index (χ2n) is 7.89. The van der Waals surface area contributed by atoms with Crippen LogP contribution < -0.4 is 19.7 Å². The van der Waals surface area contributed by atoms with Crippen LogP contribution in [0.3, 0.4) is 0 Å². The Morgan fingerprint density at radius 3 is 2.76 bits per heavy atom. The van der Waals surface area contributed by atoms with E-state index in [1.807, 2.05) is 0 Å². The number of fused-ring (bicyclic) bond motifs is 3. The molecule has 0 aromatic heterocycles. The van der Waals surface area contributed by atoms with Crippen molar-refractivity contribution in [1.82, 2.24) is 0 Å². The van der Waals surface area contributed by atoms with Gasteiger partial charge in [0.1, 0.15) is 5.66 Å². The molecule has 2 atom stereocenters. The summed E-state index contributed by atoms with van der Waals surface area (Å²) in [6.07, 6.45) is 6.02. The quantitative estimate of drug-likeness (QED) is 0.788. The Hall–Kier alpha value is -2.36. The van der Waals surface area contributed by atoms with Crippen molar-refractivity contribution in [1.29, 1.82) is 0 Å². The van der Waals surface area contributed by atoms with Crippen LogP contribution in [-0.2, 0) is 11.8 Å². The van der Waals surface area contributed by atoms with Gasteiger partial charge in [-0.1, -0.05) is 24.6 Å². The molecule has 128 valence electrons. The first-order valence-electron chi connectivity index (χ1n) is 9.28. The number of para-hydroxylation sites is 1. The highest BCUT2D eigenvalue weighted by atomic mass is 16.7. The molecule has 4 nitrogen and oxygen atoms in total. The minimum atomic E-state index is -0.0446. The fourth-order valence-electron chi connectivity index (χ4n) is 5.84. The Labute approximate surface area is 147 Å². The molecule has 2 aromatic carbocycles. The largest absolute Gasteiger partial charge is 0.454 e. The lowest BCUT2D eigenvalue weighted by molar-refractivity contribution is 0.166. The first kappa shape index (κ1) is 13.9. The van der Waals surface area contributed by atoms with Gasteiger partial charge in [0.15, 0.2) is 11.5 Å². The minimum Gasteiger partial charge on any atom is -0.454 e. The molecule has 25 heavy (non-hydrogen) atoms. The van der Waals surface area contributed by atoms with Gasteiger partial charge in [-0.3, -0.25) is 0 Å². The lowest BCUT2D eigenvalue weighted by atomic mass is 9.59. The van der Waals surface area contributed by atoms with Gasteiger partial charge in [-0.2, -0.15) is 0 Å². The average Bonchev–Trinajstić information content (AvgIpc) is 3.18. The van der Waals surface area contributed by atoms with Crippen LogP contribution in [-0.4, -0.2) is 19.5 Å². The second-order valence-corrected chi connectivity index (χ2v) is 7.89. The van der Waals surface area contributed by atoms with Crippen LogP contribution >= 0.6 is 0 Å². The fourth-order valence-corrected chi connectivity index (χ4v) is 5.84. The Kier molecular flexibility index (Phi) is 2.46. The molecule has 3 heterocycles. The van der Waals surface area contributed by atoms with Crippen molar-refractivity contribution >= 4 is 11.4 Å². The highest BCUT2D eigenvalue weighted by molar-refractivity contribution is 5.76. The Balaban J connectivity index is 1.63. The molecule has 0 unspecified atom stereocenters. The van der Waals surface area contributed by atoms with Crippen molar-refractivity contribution < 1.29 is 9.47 Å². The summed E-state index contributed by atoms with van der Waals surface area (Å²) in [7, 11) is 2.25. The number of hydrogen-bond acceptors (Lipinski definition) is 4. The van der Waals surface area contributed by atoms with Gasteiger partial charge in [0.05, 0.1) is 0 Å². The third-order valence-corrected chi connectivity index (χ3v) is 6.98. The van der Waals surface area contributed by atoms with Crippen molar-refractivity contribution in [3.8, 4) is 11.5 Å². The van der Waals surface area contributed by atoms with E-state index >= 15 is 0 Å². The van der Waals surface area contributed by atoms with Crippen molar-refractivity contribution in [3.63, 3.8) is 0 Å². The Bertz CT molecular complexity index is 895. The maximum absolute atomic E-state index is 5.72. The topological polar surface area (TPSA) is 33.7 Å². The van der Waals surface area contributed by atoms with Crippen LogP contribution in [0.4, 0.5) is 11.4 Å². The van der Waals surface area contributed by atoms with E-state index < -0.39 is 0 Å². The number of benzene rings is 2. The van der Waals surface area contributed by atoms with Crippen LogP contribution in [0.5, 0.6) is 11.5 Å². The zero-order valence-electron chi connectivity index (χ0n) is 14.5. The SMILES string of the molecule is CN1c2cc3c(cc2[C@@]24CCCC[C@@]12Nc1ccccc1C4)OCO3. The molecular formula is C21H22N2O2. The highest BCUT2D eigenvalue weighted by Crippen LogP contribution is 2.63. The maximum Gasteiger partial charge on any atom is 0.231 e. The number of rotatable bonds is 0. The van der Waals surface area contributed by atoms with E-state index in [0.29, 0.717) is 6.79 Å². The summed E-state index contributed by atoms with van der Waals surface area (Å²) >= 11 is 0. The molecule has 1 saturated carbocycles. The summed E-state index contributed by atoms with van der Waals surface area (Å²) in [5, 5.41) is 3.98. The standard InChI is InChI=1S/C21H22N2O2/c1-23-17-11-19-18(24-13-25-19)10-15(17)20-8-4-5-9-21(20,23)22-16-7-3-2-6-14(16)12-20/h2-3,6-7,10-11,22H,4-5,8-9,12-13H2,1H3/t20-,21+/m0/s1. The van der Waals surface area contributed by atoms with E-state index in [0.717, 1.165) is 17.9 Å². The molecule has 4 aliphatic rings. The van der Waals surface area contributed by atoms with Gasteiger partial charge < -0.3 is 19.7 Å². The number of nitrogens with one attached hydrogen (secondary N) is 1. The molecule has 0 bridgehead atoms. The summed E-state index contributed by atoms with van der Waals surface area (Å²) in [5.74, 6) is 1.79. The molecule has 1 fully saturated rings. The number of anilines is 2. The summed E-state index contributed by atoms with van der Waals surface area (Å²) in [5.41, 5.74) is 5.51. The summed E-state index contributed by atoms with van der Waals surface area (Å²) < 4.78 is 11.4. The van der Waals surface area contributed by atoms with Crippen LogP contribution in [0.2, 0.25) is 0 Å². The number of hydrogen-bond donors (Lipinski definition) is 1. The molecule has 2 aromatic rings. The van der Waals surface area contributed by atoms with Gasteiger partial charge in [-0.05, 0) is 48.9 Å². The van der Waals surface area contributed by atoms with E-state index in [-0.39, 0.29) is 11.1 Å². The molecular weight excluding hydrogens is 312 g/mol. The number of nitrogens with zero attached hydrogens (tertiary/aromatic N) is 1. The number of ether oxygens (including phenoxy) is 2. The van der Waals surface area contributed by atoms with Crippen LogP contribution in [0.25, 0.3) is 0 Å². The van der Waals surface area contributed by atoms with Gasteiger partial charge in [0, 0.05) is 29.9 Å². The third kappa shape index (κ3) is 1.50. The van der Waals surface area contributed by atoms with Crippen LogP contribution in [0, 0.1) is 0 Å². The van der Waals surface area contributed by atoms with Crippen molar-refractivity contribution in [2.75, 3.05) is 24.1 Å². The predicted molar refractivity (Wildman–Crippen MR) is 97.6 cm³/mol. The zero-order chi connectivity index (χ0) is 16.6. The number of likely N-dealkylation sites (N-methyl/N-ethyl adjacent to an activating group) is 1. The highest BCUT2D eigenvalue weighted by Gasteiger charge is 2.63. The first-order chi connectivity index (χ1) is 12.2. The van der Waals surface area contributed by atoms with Gasteiger partial charge in [0.25, 0.3) is 0 Å². The van der Waals surface area contributed by atoms with E-state index in [1.165, 1.54) is 48.2 Å². The van der Waals surface area contributed by atoms with E-state index in [4.69, 9.17) is 9.47 Å². The van der Waals surface area contributed by atoms with Gasteiger partial charge in [-0.25, -0.2) is 0 Å². The normalized spacial score (nSPS) is 30.8. The second kappa shape index (κ2) is 4.43. The van der Waals surface area contributed by atoms with E-state index in [9.17, 15) is 0 Å². The third-order valence-electron chi connectivity index (χ3n) is 6.98. The molecule has 6 rings (SSSR count). The molecule has 4 heteroatoms. The van der Waals surface area contributed by atoms with E-state index in [2.05, 4.69) is 53.7 Å².